The molecule has 0 amide bonds. The van der Waals surface area contributed by atoms with E-state index in [2.05, 4.69) is 27.2 Å². The molecular formula is C12H15N5O2S. The highest BCUT2D eigenvalue weighted by Gasteiger charge is 2.19. The Morgan fingerprint density at radius 1 is 1.55 bits per heavy atom. The minimum Gasteiger partial charge on any atom is -0.481 e. The lowest BCUT2D eigenvalue weighted by atomic mass is 10.2. The summed E-state index contributed by atoms with van der Waals surface area (Å²) in [5.74, 6) is -0.827. The normalized spacial score (nSPS) is 15.2. The van der Waals surface area contributed by atoms with Crippen LogP contribution >= 0.6 is 11.3 Å². The van der Waals surface area contributed by atoms with E-state index in [1.54, 1.807) is 22.2 Å². The van der Waals surface area contributed by atoms with Crippen molar-refractivity contribution >= 4 is 17.3 Å². The molecule has 0 atom stereocenters. The largest absolute Gasteiger partial charge is 0.481 e. The van der Waals surface area contributed by atoms with Crippen LogP contribution in [0.2, 0.25) is 0 Å². The highest BCUT2D eigenvalue weighted by Crippen LogP contribution is 2.26. The number of carbonyl (C=O) groups is 1. The first kappa shape index (κ1) is 13.2. The van der Waals surface area contributed by atoms with Gasteiger partial charge in [0.2, 0.25) is 5.13 Å². The van der Waals surface area contributed by atoms with Crippen LogP contribution in [0.25, 0.3) is 5.13 Å². The highest BCUT2D eigenvalue weighted by molar-refractivity contribution is 7.14. The zero-order valence-corrected chi connectivity index (χ0v) is 11.9. The first-order valence-electron chi connectivity index (χ1n) is 6.42. The van der Waals surface area contributed by atoms with Gasteiger partial charge in [-0.2, -0.15) is 4.68 Å². The predicted molar refractivity (Wildman–Crippen MR) is 73.0 cm³/mol. The lowest BCUT2D eigenvalue weighted by molar-refractivity contribution is -0.136. The van der Waals surface area contributed by atoms with Crippen LogP contribution in [0.15, 0.2) is 6.20 Å². The van der Waals surface area contributed by atoms with Gasteiger partial charge in [0, 0.05) is 30.8 Å². The van der Waals surface area contributed by atoms with Gasteiger partial charge in [-0.3, -0.25) is 4.79 Å². The molecular weight excluding hydrogens is 278 g/mol. The van der Waals surface area contributed by atoms with Crippen LogP contribution in [0.3, 0.4) is 0 Å². The number of aliphatic carboxylic acids is 1. The summed E-state index contributed by atoms with van der Waals surface area (Å²) in [4.78, 5) is 18.7. The van der Waals surface area contributed by atoms with E-state index in [4.69, 9.17) is 5.11 Å². The topological polar surface area (TPSA) is 84.1 Å². The quantitative estimate of drug-likeness (QED) is 0.894. The Kier molecular flexibility index (Phi) is 3.49. The van der Waals surface area contributed by atoms with Crippen LogP contribution in [0, 0.1) is 0 Å². The number of hydrogen-bond acceptors (Lipinski definition) is 6. The van der Waals surface area contributed by atoms with Gasteiger partial charge in [0.25, 0.3) is 0 Å². The predicted octanol–water partition coefficient (Wildman–Crippen LogP) is 0.729. The molecule has 0 aliphatic carbocycles. The Hall–Kier alpha value is -1.80. The van der Waals surface area contributed by atoms with Crippen molar-refractivity contribution in [3.8, 4) is 5.13 Å². The van der Waals surface area contributed by atoms with Crippen LogP contribution in [0.4, 0.5) is 0 Å². The lowest BCUT2D eigenvalue weighted by Crippen LogP contribution is -2.25. The van der Waals surface area contributed by atoms with Gasteiger partial charge in [-0.25, -0.2) is 4.98 Å². The Morgan fingerprint density at radius 3 is 3.20 bits per heavy atom. The van der Waals surface area contributed by atoms with Crippen LogP contribution in [0.5, 0.6) is 0 Å². The smallest absolute Gasteiger partial charge is 0.303 e. The number of carboxylic acid groups (broad SMARTS) is 1. The minimum atomic E-state index is -0.827. The summed E-state index contributed by atoms with van der Waals surface area (Å²) in [7, 11) is 2.10. The van der Waals surface area contributed by atoms with Gasteiger partial charge < -0.3 is 10.0 Å². The second-order valence-corrected chi connectivity index (χ2v) is 5.96. The number of aromatic nitrogens is 4. The second-order valence-electron chi connectivity index (χ2n) is 4.90. The molecule has 0 aromatic carbocycles. The third kappa shape index (κ3) is 2.70. The van der Waals surface area contributed by atoms with Gasteiger partial charge in [0.15, 0.2) is 0 Å². The molecule has 0 fully saturated rings. The van der Waals surface area contributed by atoms with Gasteiger partial charge in [0.05, 0.1) is 24.0 Å². The van der Waals surface area contributed by atoms with Crippen molar-refractivity contribution in [3.63, 3.8) is 0 Å². The maximum Gasteiger partial charge on any atom is 0.303 e. The fourth-order valence-electron chi connectivity index (χ4n) is 2.15. The Labute approximate surface area is 119 Å². The first-order valence-corrected chi connectivity index (χ1v) is 7.24. The van der Waals surface area contributed by atoms with Crippen LogP contribution < -0.4 is 0 Å². The van der Waals surface area contributed by atoms with E-state index in [0.29, 0.717) is 12.1 Å². The van der Waals surface area contributed by atoms with E-state index < -0.39 is 5.97 Å². The number of rotatable bonds is 4. The van der Waals surface area contributed by atoms with Gasteiger partial charge in [-0.15, -0.1) is 5.10 Å². The zero-order valence-electron chi connectivity index (χ0n) is 11.1. The number of aryl methyl sites for hydroxylation is 1. The molecule has 20 heavy (non-hydrogen) atoms. The molecule has 1 aliphatic rings. The van der Waals surface area contributed by atoms with Gasteiger partial charge in [0.1, 0.15) is 0 Å². The van der Waals surface area contributed by atoms with Crippen molar-refractivity contribution in [2.75, 3.05) is 13.6 Å². The number of thiazole rings is 1. The Morgan fingerprint density at radius 2 is 2.40 bits per heavy atom. The average molecular weight is 293 g/mol. The van der Waals surface area contributed by atoms with Crippen LogP contribution in [-0.4, -0.2) is 49.5 Å². The van der Waals surface area contributed by atoms with E-state index in [9.17, 15) is 4.79 Å². The lowest BCUT2D eigenvalue weighted by Gasteiger charge is -2.20. The van der Waals surface area contributed by atoms with Crippen molar-refractivity contribution in [2.24, 2.45) is 0 Å². The molecule has 8 heteroatoms. The van der Waals surface area contributed by atoms with E-state index in [1.807, 2.05) is 0 Å². The molecule has 0 saturated heterocycles. The molecule has 106 valence electrons. The molecule has 3 heterocycles. The number of hydrogen-bond donors (Lipinski definition) is 1. The fourth-order valence-corrected chi connectivity index (χ4v) is 3.26. The molecule has 0 radical (unpaired) electrons. The number of carboxylic acids is 1. The number of likely N-dealkylation sites (N-methyl/N-ethyl adjacent to an activating group) is 1. The van der Waals surface area contributed by atoms with Gasteiger partial charge in [-0.05, 0) is 7.05 Å². The molecule has 0 saturated carbocycles. The molecule has 2 aromatic rings. The Balaban J connectivity index is 1.78. The minimum absolute atomic E-state index is 0.0673. The Bertz CT molecular complexity index is 636. The maximum atomic E-state index is 10.5. The second kappa shape index (κ2) is 5.29. The summed E-state index contributed by atoms with van der Waals surface area (Å²) in [5.41, 5.74) is 1.82. The van der Waals surface area contributed by atoms with Gasteiger partial charge >= 0.3 is 5.97 Å². The monoisotopic (exact) mass is 293 g/mol. The number of nitrogens with zero attached hydrogens (tertiary/aromatic N) is 5. The summed E-state index contributed by atoms with van der Waals surface area (Å²) in [6.45, 7) is 1.95. The summed E-state index contributed by atoms with van der Waals surface area (Å²) in [6, 6.07) is 0. The van der Waals surface area contributed by atoms with Crippen molar-refractivity contribution in [2.45, 2.75) is 25.8 Å². The molecule has 0 bridgehead atoms. The fraction of sp³-hybridized carbons (Fsp3) is 0.500. The van der Waals surface area contributed by atoms with E-state index >= 15 is 0 Å². The van der Waals surface area contributed by atoms with Crippen molar-refractivity contribution in [1.82, 2.24) is 24.9 Å². The molecule has 1 N–H and O–H groups in total. The van der Waals surface area contributed by atoms with Crippen LogP contribution in [0.1, 0.15) is 22.7 Å². The SMILES string of the molecule is CN1CCc2nc(-n3cc(CCC(=O)O)nn3)sc2C1. The summed E-state index contributed by atoms with van der Waals surface area (Å²) in [6.07, 6.45) is 3.18. The van der Waals surface area contributed by atoms with E-state index in [-0.39, 0.29) is 6.42 Å². The number of fused-ring (bicyclic) bond motifs is 1. The average Bonchev–Trinajstić information content (AvgIpc) is 3.01. The third-order valence-electron chi connectivity index (χ3n) is 3.24. The summed E-state index contributed by atoms with van der Waals surface area (Å²) in [5, 5.41) is 17.5. The van der Waals surface area contributed by atoms with Crippen molar-refractivity contribution in [1.29, 1.82) is 0 Å². The van der Waals surface area contributed by atoms with E-state index in [1.165, 1.54) is 4.88 Å². The summed E-state index contributed by atoms with van der Waals surface area (Å²) < 4.78 is 1.64. The molecule has 2 aromatic heterocycles. The van der Waals surface area contributed by atoms with Crippen molar-refractivity contribution in [3.05, 3.63) is 22.5 Å². The molecule has 3 rings (SSSR count). The maximum absolute atomic E-state index is 10.5. The standard InChI is InChI=1S/C12H15N5O2S/c1-16-5-4-9-10(7-16)20-12(13-9)17-6-8(14-15-17)2-3-11(18)19/h6H,2-5,7H2,1H3,(H,18,19). The van der Waals surface area contributed by atoms with Gasteiger partial charge in [-0.1, -0.05) is 16.6 Å². The molecule has 1 aliphatic heterocycles. The van der Waals surface area contributed by atoms with E-state index in [0.717, 1.165) is 30.3 Å². The first-order chi connectivity index (χ1) is 9.61. The van der Waals surface area contributed by atoms with Crippen molar-refractivity contribution < 1.29 is 9.90 Å². The molecule has 0 spiro atoms. The summed E-state index contributed by atoms with van der Waals surface area (Å²) >= 11 is 1.62. The van der Waals surface area contributed by atoms with Crippen LogP contribution in [-0.2, 0) is 24.2 Å². The highest BCUT2D eigenvalue weighted by atomic mass is 32.1. The molecule has 7 nitrogen and oxygen atoms in total. The zero-order chi connectivity index (χ0) is 14.1. The third-order valence-corrected chi connectivity index (χ3v) is 4.31. The molecule has 0 unspecified atom stereocenters.